The van der Waals surface area contributed by atoms with Gasteiger partial charge in [0.1, 0.15) is 5.82 Å². The van der Waals surface area contributed by atoms with E-state index in [-0.39, 0.29) is 5.92 Å². The molecule has 0 spiro atoms. The largest absolute Gasteiger partial charge is 0.464 e. The smallest absolute Gasteiger partial charge is 0.321 e. The minimum atomic E-state index is 0.271. The normalized spacial score (nSPS) is 16.4. The summed E-state index contributed by atoms with van der Waals surface area (Å²) in [7, 11) is 0. The fourth-order valence-electron chi connectivity index (χ4n) is 2.74. The zero-order valence-electron chi connectivity index (χ0n) is 11.9. The zero-order chi connectivity index (χ0) is 13.9. The molecule has 20 heavy (non-hydrogen) atoms. The van der Waals surface area contributed by atoms with Crippen LogP contribution in [0.15, 0.2) is 24.3 Å². The summed E-state index contributed by atoms with van der Waals surface area (Å²) in [4.78, 5) is 0. The van der Waals surface area contributed by atoms with Gasteiger partial charge in [-0.1, -0.05) is 42.7 Å². The predicted octanol–water partition coefficient (Wildman–Crippen LogP) is 3.55. The van der Waals surface area contributed by atoms with Gasteiger partial charge in [-0.15, -0.1) is 5.10 Å². The van der Waals surface area contributed by atoms with Gasteiger partial charge in [0.2, 0.25) is 0 Å². The molecule has 0 bridgehead atoms. The second-order valence-electron chi connectivity index (χ2n) is 4.93. The molecule has 0 radical (unpaired) electrons. The van der Waals surface area contributed by atoms with E-state index in [0.29, 0.717) is 12.6 Å². The molecule has 1 aliphatic rings. The van der Waals surface area contributed by atoms with Crippen molar-refractivity contribution in [3.63, 3.8) is 0 Å². The molecule has 1 atom stereocenters. The molecule has 2 aromatic rings. The van der Waals surface area contributed by atoms with Crippen LogP contribution in [0, 0.1) is 0 Å². The maximum absolute atomic E-state index is 5.56. The number of fused-ring (bicyclic) bond motifs is 2. The molecular formula is C16H19N3O. The molecule has 0 amide bonds. The third kappa shape index (κ3) is 2.11. The second kappa shape index (κ2) is 5.49. The summed E-state index contributed by atoms with van der Waals surface area (Å²) in [6, 6.07) is 9.07. The van der Waals surface area contributed by atoms with E-state index in [4.69, 9.17) is 4.74 Å². The second-order valence-corrected chi connectivity index (χ2v) is 4.93. The Morgan fingerprint density at radius 1 is 1.20 bits per heavy atom. The molecule has 1 aromatic heterocycles. The molecular weight excluding hydrogens is 250 g/mol. The summed E-state index contributed by atoms with van der Waals surface area (Å²) in [5, 5.41) is 8.55. The first-order valence-corrected chi connectivity index (χ1v) is 7.19. The lowest BCUT2D eigenvalue weighted by atomic mass is 9.90. The summed E-state index contributed by atoms with van der Waals surface area (Å²) in [6.07, 6.45) is 6.29. The van der Waals surface area contributed by atoms with Crippen LogP contribution in [0.1, 0.15) is 49.6 Å². The topological polar surface area (TPSA) is 39.9 Å². The third-order valence-corrected chi connectivity index (χ3v) is 3.63. The van der Waals surface area contributed by atoms with E-state index in [2.05, 4.69) is 47.5 Å². The lowest BCUT2D eigenvalue weighted by Gasteiger charge is -2.16. The van der Waals surface area contributed by atoms with Crippen LogP contribution in [0.4, 0.5) is 0 Å². The van der Waals surface area contributed by atoms with Gasteiger partial charge in [-0.3, -0.25) is 4.57 Å². The molecule has 2 heterocycles. The average molecular weight is 269 g/mol. The van der Waals surface area contributed by atoms with E-state index < -0.39 is 0 Å². The highest BCUT2D eigenvalue weighted by Crippen LogP contribution is 2.35. The van der Waals surface area contributed by atoms with Gasteiger partial charge >= 0.3 is 6.01 Å². The molecule has 1 aliphatic heterocycles. The van der Waals surface area contributed by atoms with E-state index in [1.54, 1.807) is 0 Å². The highest BCUT2D eigenvalue weighted by atomic mass is 16.5. The van der Waals surface area contributed by atoms with Crippen molar-refractivity contribution in [3.8, 4) is 6.01 Å². The number of ether oxygens (including phenoxy) is 1. The molecule has 0 fully saturated rings. The Hall–Kier alpha value is -2.10. The number of aromatic nitrogens is 3. The number of nitrogens with zero attached hydrogens (tertiary/aromatic N) is 3. The average Bonchev–Trinajstić information content (AvgIpc) is 2.79. The van der Waals surface area contributed by atoms with Crippen LogP contribution in [-0.4, -0.2) is 21.4 Å². The Kier molecular flexibility index (Phi) is 3.54. The van der Waals surface area contributed by atoms with Gasteiger partial charge in [0, 0.05) is 12.1 Å². The van der Waals surface area contributed by atoms with Crippen molar-refractivity contribution in [1.82, 2.24) is 14.8 Å². The first-order chi connectivity index (χ1) is 9.85. The maximum Gasteiger partial charge on any atom is 0.321 e. The number of rotatable bonds is 4. The fourth-order valence-corrected chi connectivity index (χ4v) is 2.74. The SMILES string of the molecule is CCCC1c2ccccc2C=Cn2c(OCC)nnc21. The zero-order valence-corrected chi connectivity index (χ0v) is 11.9. The predicted molar refractivity (Wildman–Crippen MR) is 79.6 cm³/mol. The Bertz CT molecular complexity index is 630. The van der Waals surface area contributed by atoms with Gasteiger partial charge in [0.05, 0.1) is 6.61 Å². The van der Waals surface area contributed by atoms with Crippen molar-refractivity contribution in [2.24, 2.45) is 0 Å². The molecule has 0 aliphatic carbocycles. The van der Waals surface area contributed by atoms with Crippen molar-refractivity contribution < 1.29 is 4.74 Å². The quantitative estimate of drug-likeness (QED) is 0.852. The Balaban J connectivity index is 2.13. The van der Waals surface area contributed by atoms with Crippen molar-refractivity contribution in [1.29, 1.82) is 0 Å². The Morgan fingerprint density at radius 3 is 2.85 bits per heavy atom. The first kappa shape index (κ1) is 12.9. The van der Waals surface area contributed by atoms with Crippen molar-refractivity contribution >= 4 is 12.3 Å². The van der Waals surface area contributed by atoms with Gasteiger partial charge in [-0.25, -0.2) is 0 Å². The maximum atomic E-state index is 5.56. The Labute approximate surface area is 119 Å². The summed E-state index contributed by atoms with van der Waals surface area (Å²) in [6.45, 7) is 4.75. The van der Waals surface area contributed by atoms with E-state index in [1.165, 1.54) is 11.1 Å². The number of hydrogen-bond donors (Lipinski definition) is 0. The molecule has 3 rings (SSSR count). The van der Waals surface area contributed by atoms with Crippen LogP contribution >= 0.6 is 0 Å². The summed E-state index contributed by atoms with van der Waals surface area (Å²) >= 11 is 0. The molecule has 1 aromatic carbocycles. The first-order valence-electron chi connectivity index (χ1n) is 7.19. The highest BCUT2D eigenvalue weighted by molar-refractivity contribution is 5.67. The summed E-state index contributed by atoms with van der Waals surface area (Å²) in [5.74, 6) is 1.24. The fraction of sp³-hybridized carbons (Fsp3) is 0.375. The molecule has 1 unspecified atom stereocenters. The number of hydrogen-bond acceptors (Lipinski definition) is 3. The van der Waals surface area contributed by atoms with Crippen LogP contribution in [0.2, 0.25) is 0 Å². The van der Waals surface area contributed by atoms with Crippen LogP contribution < -0.4 is 4.74 Å². The molecule has 0 saturated heterocycles. The summed E-state index contributed by atoms with van der Waals surface area (Å²) in [5.41, 5.74) is 2.57. The van der Waals surface area contributed by atoms with Crippen LogP contribution in [0.3, 0.4) is 0 Å². The van der Waals surface area contributed by atoms with Gasteiger partial charge in [-0.05, 0) is 30.5 Å². The van der Waals surface area contributed by atoms with E-state index in [0.717, 1.165) is 18.7 Å². The monoisotopic (exact) mass is 269 g/mol. The summed E-state index contributed by atoms with van der Waals surface area (Å²) < 4.78 is 7.54. The van der Waals surface area contributed by atoms with Crippen molar-refractivity contribution in [2.45, 2.75) is 32.6 Å². The molecule has 4 heteroatoms. The van der Waals surface area contributed by atoms with Crippen LogP contribution in [0.25, 0.3) is 12.3 Å². The molecule has 4 nitrogen and oxygen atoms in total. The standard InChI is InChI=1S/C16H19N3O/c1-3-7-14-13-9-6-5-8-12(13)10-11-19-15(14)17-18-16(19)20-4-2/h5-6,8-11,14H,3-4,7H2,1-2H3. The van der Waals surface area contributed by atoms with Crippen LogP contribution in [-0.2, 0) is 0 Å². The highest BCUT2D eigenvalue weighted by Gasteiger charge is 2.25. The van der Waals surface area contributed by atoms with Crippen molar-refractivity contribution in [2.75, 3.05) is 6.61 Å². The van der Waals surface area contributed by atoms with E-state index in [1.807, 2.05) is 17.7 Å². The van der Waals surface area contributed by atoms with Gasteiger partial charge in [0.25, 0.3) is 0 Å². The lowest BCUT2D eigenvalue weighted by Crippen LogP contribution is -2.08. The van der Waals surface area contributed by atoms with E-state index in [9.17, 15) is 0 Å². The van der Waals surface area contributed by atoms with Crippen molar-refractivity contribution in [3.05, 3.63) is 41.2 Å². The van der Waals surface area contributed by atoms with Gasteiger partial charge in [0.15, 0.2) is 0 Å². The van der Waals surface area contributed by atoms with Gasteiger partial charge < -0.3 is 4.74 Å². The van der Waals surface area contributed by atoms with Crippen LogP contribution in [0.5, 0.6) is 6.01 Å². The Morgan fingerprint density at radius 2 is 2.05 bits per heavy atom. The lowest BCUT2D eigenvalue weighted by molar-refractivity contribution is 0.307. The molecule has 0 saturated carbocycles. The molecule has 104 valence electrons. The number of benzene rings is 1. The minimum absolute atomic E-state index is 0.271. The van der Waals surface area contributed by atoms with E-state index >= 15 is 0 Å². The minimum Gasteiger partial charge on any atom is -0.464 e. The molecule has 0 N–H and O–H groups in total. The third-order valence-electron chi connectivity index (χ3n) is 3.63. The van der Waals surface area contributed by atoms with Gasteiger partial charge in [-0.2, -0.15) is 0 Å².